The van der Waals surface area contributed by atoms with E-state index in [4.69, 9.17) is 5.11 Å². The van der Waals surface area contributed by atoms with Crippen LogP contribution in [-0.4, -0.2) is 65.1 Å². The number of nitrogens with zero attached hydrogens (tertiary/aromatic N) is 4. The van der Waals surface area contributed by atoms with Crippen LogP contribution < -0.4 is 4.90 Å². The molecule has 5 nitrogen and oxygen atoms in total. The molecule has 1 N–H and O–H groups in total. The molecule has 0 aliphatic carbocycles. The SMILES string of the molecule is OCCN1CCN(c2ncnc3ccc4c(c23)CCS4)CC1. The number of β-amino-alcohol motifs (C(OH)–C–C–N with tert-alkyl or cyclic N) is 1. The standard InChI is InChI=1S/C16H20N4OS/c21-9-8-19-4-6-20(7-5-19)16-15-12-3-10-22-14(12)2-1-13(15)17-11-18-16/h1-2,11,21H,3-10H2. The number of thioether (sulfide) groups is 1. The first-order chi connectivity index (χ1) is 10.9. The number of aliphatic hydroxyl groups is 1. The summed E-state index contributed by atoms with van der Waals surface area (Å²) in [4.78, 5) is 15.2. The molecule has 1 aromatic carbocycles. The number of hydrogen-bond acceptors (Lipinski definition) is 6. The third-order valence-corrected chi connectivity index (χ3v) is 5.65. The number of aromatic nitrogens is 2. The van der Waals surface area contributed by atoms with E-state index < -0.39 is 0 Å². The molecule has 2 aliphatic heterocycles. The minimum absolute atomic E-state index is 0.237. The lowest BCUT2D eigenvalue weighted by Gasteiger charge is -2.35. The maximum atomic E-state index is 9.07. The molecule has 0 saturated carbocycles. The van der Waals surface area contributed by atoms with Gasteiger partial charge >= 0.3 is 0 Å². The van der Waals surface area contributed by atoms with Crippen LogP contribution in [0, 0.1) is 0 Å². The molecule has 3 heterocycles. The fourth-order valence-corrected chi connectivity index (χ4v) is 4.46. The van der Waals surface area contributed by atoms with E-state index in [1.165, 1.54) is 15.8 Å². The normalized spacial score (nSPS) is 18.9. The van der Waals surface area contributed by atoms with E-state index in [9.17, 15) is 0 Å². The molecule has 6 heteroatoms. The summed E-state index contributed by atoms with van der Waals surface area (Å²) in [5.41, 5.74) is 2.49. The second-order valence-electron chi connectivity index (χ2n) is 5.78. The molecular formula is C16H20N4OS. The van der Waals surface area contributed by atoms with Crippen molar-refractivity contribution in [3.05, 3.63) is 24.0 Å². The Balaban J connectivity index is 1.69. The van der Waals surface area contributed by atoms with Crippen molar-refractivity contribution in [1.29, 1.82) is 0 Å². The Morgan fingerprint density at radius 1 is 1.14 bits per heavy atom. The molecule has 0 spiro atoms. The van der Waals surface area contributed by atoms with Crippen LogP contribution >= 0.6 is 11.8 Å². The van der Waals surface area contributed by atoms with Crippen molar-refractivity contribution < 1.29 is 5.11 Å². The molecule has 0 atom stereocenters. The highest BCUT2D eigenvalue weighted by Gasteiger charge is 2.23. The van der Waals surface area contributed by atoms with Crippen LogP contribution in [0.1, 0.15) is 5.56 Å². The maximum absolute atomic E-state index is 9.07. The Morgan fingerprint density at radius 3 is 2.82 bits per heavy atom. The molecule has 1 fully saturated rings. The smallest absolute Gasteiger partial charge is 0.140 e. The highest BCUT2D eigenvalue weighted by Crippen LogP contribution is 2.38. The number of hydrogen-bond donors (Lipinski definition) is 1. The first kappa shape index (κ1) is 14.2. The summed E-state index contributed by atoms with van der Waals surface area (Å²) in [7, 11) is 0. The van der Waals surface area contributed by atoms with Crippen molar-refractivity contribution >= 4 is 28.5 Å². The molecular weight excluding hydrogens is 296 g/mol. The van der Waals surface area contributed by atoms with Gasteiger partial charge in [-0.25, -0.2) is 9.97 Å². The van der Waals surface area contributed by atoms with E-state index in [0.717, 1.165) is 56.2 Å². The molecule has 2 aromatic rings. The second-order valence-corrected chi connectivity index (χ2v) is 6.92. The number of fused-ring (bicyclic) bond motifs is 3. The van der Waals surface area contributed by atoms with Crippen LogP contribution in [0.25, 0.3) is 10.9 Å². The van der Waals surface area contributed by atoms with E-state index in [1.54, 1.807) is 6.33 Å². The molecule has 1 aromatic heterocycles. The van der Waals surface area contributed by atoms with Gasteiger partial charge in [0.2, 0.25) is 0 Å². The minimum atomic E-state index is 0.237. The largest absolute Gasteiger partial charge is 0.395 e. The third kappa shape index (κ3) is 2.45. The van der Waals surface area contributed by atoms with E-state index in [2.05, 4.69) is 31.9 Å². The summed E-state index contributed by atoms with van der Waals surface area (Å²) >= 11 is 1.93. The van der Waals surface area contributed by atoms with E-state index in [1.807, 2.05) is 11.8 Å². The zero-order valence-electron chi connectivity index (χ0n) is 12.5. The van der Waals surface area contributed by atoms with E-state index in [-0.39, 0.29) is 6.61 Å². The zero-order valence-corrected chi connectivity index (χ0v) is 13.3. The van der Waals surface area contributed by atoms with Crippen LogP contribution in [0.5, 0.6) is 0 Å². The summed E-state index contributed by atoms with van der Waals surface area (Å²) in [6.07, 6.45) is 2.80. The van der Waals surface area contributed by atoms with Gasteiger partial charge in [0.1, 0.15) is 12.1 Å². The molecule has 0 unspecified atom stereocenters. The molecule has 0 amide bonds. The fourth-order valence-electron chi connectivity index (χ4n) is 3.39. The Hall–Kier alpha value is -1.37. The maximum Gasteiger partial charge on any atom is 0.140 e. The van der Waals surface area contributed by atoms with Crippen LogP contribution in [0.3, 0.4) is 0 Å². The number of rotatable bonds is 3. The number of piperazine rings is 1. The topological polar surface area (TPSA) is 52.5 Å². The summed E-state index contributed by atoms with van der Waals surface area (Å²) in [6, 6.07) is 4.32. The highest BCUT2D eigenvalue weighted by atomic mass is 32.2. The Labute approximate surface area is 134 Å². The molecule has 1 saturated heterocycles. The lowest BCUT2D eigenvalue weighted by atomic mass is 10.1. The molecule has 22 heavy (non-hydrogen) atoms. The van der Waals surface area contributed by atoms with Gasteiger partial charge in [-0.1, -0.05) is 0 Å². The van der Waals surface area contributed by atoms with Gasteiger partial charge in [-0.15, -0.1) is 11.8 Å². The van der Waals surface area contributed by atoms with Gasteiger partial charge in [0, 0.05) is 48.8 Å². The molecule has 4 rings (SSSR count). The lowest BCUT2D eigenvalue weighted by molar-refractivity contribution is 0.188. The second kappa shape index (κ2) is 6.02. The summed E-state index contributed by atoms with van der Waals surface area (Å²) in [5, 5.41) is 10.3. The van der Waals surface area contributed by atoms with Crippen LogP contribution in [0.2, 0.25) is 0 Å². The Morgan fingerprint density at radius 2 is 2.00 bits per heavy atom. The van der Waals surface area contributed by atoms with Gasteiger partial charge in [-0.3, -0.25) is 4.90 Å². The third-order valence-electron chi connectivity index (χ3n) is 4.55. The van der Waals surface area contributed by atoms with Crippen molar-refractivity contribution in [2.45, 2.75) is 11.3 Å². The predicted molar refractivity (Wildman–Crippen MR) is 89.7 cm³/mol. The monoisotopic (exact) mass is 316 g/mol. The zero-order chi connectivity index (χ0) is 14.9. The Kier molecular flexibility index (Phi) is 3.90. The van der Waals surface area contributed by atoms with Crippen molar-refractivity contribution in [2.75, 3.05) is 50.0 Å². The van der Waals surface area contributed by atoms with Crippen molar-refractivity contribution in [1.82, 2.24) is 14.9 Å². The van der Waals surface area contributed by atoms with Crippen LogP contribution in [-0.2, 0) is 6.42 Å². The van der Waals surface area contributed by atoms with Crippen LogP contribution in [0.4, 0.5) is 5.82 Å². The van der Waals surface area contributed by atoms with Gasteiger partial charge in [0.25, 0.3) is 0 Å². The fraction of sp³-hybridized carbons (Fsp3) is 0.500. The van der Waals surface area contributed by atoms with Crippen molar-refractivity contribution in [3.63, 3.8) is 0 Å². The highest BCUT2D eigenvalue weighted by molar-refractivity contribution is 7.99. The average Bonchev–Trinajstić information content (AvgIpc) is 3.04. The lowest BCUT2D eigenvalue weighted by Crippen LogP contribution is -2.47. The van der Waals surface area contributed by atoms with Gasteiger partial charge in [-0.05, 0) is 24.1 Å². The summed E-state index contributed by atoms with van der Waals surface area (Å²) in [5.74, 6) is 2.25. The van der Waals surface area contributed by atoms with Gasteiger partial charge < -0.3 is 10.0 Å². The van der Waals surface area contributed by atoms with Crippen molar-refractivity contribution in [2.24, 2.45) is 0 Å². The van der Waals surface area contributed by atoms with E-state index in [0.29, 0.717) is 0 Å². The summed E-state index contributed by atoms with van der Waals surface area (Å²) in [6.45, 7) is 4.89. The summed E-state index contributed by atoms with van der Waals surface area (Å²) < 4.78 is 0. The van der Waals surface area contributed by atoms with Crippen molar-refractivity contribution in [3.8, 4) is 0 Å². The Bertz CT molecular complexity index is 685. The van der Waals surface area contributed by atoms with Gasteiger partial charge in [0.05, 0.1) is 12.1 Å². The quantitative estimate of drug-likeness (QED) is 0.924. The molecule has 0 bridgehead atoms. The van der Waals surface area contributed by atoms with Gasteiger partial charge in [0.15, 0.2) is 0 Å². The molecule has 116 valence electrons. The predicted octanol–water partition coefficient (Wildman–Crippen LogP) is 1.39. The number of aliphatic hydroxyl groups excluding tert-OH is 1. The first-order valence-corrected chi connectivity index (χ1v) is 8.83. The average molecular weight is 316 g/mol. The van der Waals surface area contributed by atoms with Gasteiger partial charge in [-0.2, -0.15) is 0 Å². The minimum Gasteiger partial charge on any atom is -0.395 e. The first-order valence-electron chi connectivity index (χ1n) is 7.84. The van der Waals surface area contributed by atoms with Crippen LogP contribution in [0.15, 0.2) is 23.4 Å². The molecule has 0 radical (unpaired) electrons. The van der Waals surface area contributed by atoms with E-state index >= 15 is 0 Å². The number of benzene rings is 1. The number of anilines is 1. The molecule has 2 aliphatic rings. The number of aryl methyl sites for hydroxylation is 1.